The van der Waals surface area contributed by atoms with Crippen LogP contribution in [0.15, 0.2) is 70.5 Å². The lowest BCUT2D eigenvalue weighted by molar-refractivity contribution is 0.218. The molecule has 0 amide bonds. The molecule has 178 valence electrons. The minimum atomic E-state index is -4.53. The maximum atomic E-state index is 13.8. The smallest absolute Gasteiger partial charge is 0.200 e. The van der Waals surface area contributed by atoms with E-state index in [1.54, 1.807) is 36.4 Å². The van der Waals surface area contributed by atoms with Crippen molar-refractivity contribution in [3.8, 4) is 6.07 Å². The van der Waals surface area contributed by atoms with Crippen molar-refractivity contribution >= 4 is 36.4 Å². The molecule has 1 aliphatic rings. The first-order chi connectivity index (χ1) is 16.0. The molecule has 0 saturated carbocycles. The monoisotopic (exact) mass is 514 g/mol. The van der Waals surface area contributed by atoms with Gasteiger partial charge in [0.05, 0.1) is 15.4 Å². The maximum absolute atomic E-state index is 13.8. The van der Waals surface area contributed by atoms with E-state index < -0.39 is 20.0 Å². The molecule has 0 saturated heterocycles. The van der Waals surface area contributed by atoms with Gasteiger partial charge in [0.15, 0.2) is 0 Å². The average molecular weight is 515 g/mol. The topological polar surface area (TPSA) is 95.3 Å². The van der Waals surface area contributed by atoms with Crippen LogP contribution in [0.3, 0.4) is 0 Å². The SMILES string of the molecule is CC(C)(C)[C@@H]1CCc2c(sc(N(S(=O)(=O)c3ccccc3)S(=O)(=O)c3ccccc3)c2C#N)C1. The minimum absolute atomic E-state index is 0.0422. The minimum Gasteiger partial charge on any atom is -0.200 e. The molecule has 1 atom stereocenters. The van der Waals surface area contributed by atoms with Crippen LogP contribution in [0.4, 0.5) is 5.00 Å². The van der Waals surface area contributed by atoms with Crippen molar-refractivity contribution in [2.24, 2.45) is 11.3 Å². The van der Waals surface area contributed by atoms with Crippen molar-refractivity contribution in [2.45, 2.75) is 49.8 Å². The fourth-order valence-electron chi connectivity index (χ4n) is 4.28. The van der Waals surface area contributed by atoms with E-state index in [9.17, 15) is 22.1 Å². The third-order valence-electron chi connectivity index (χ3n) is 6.27. The van der Waals surface area contributed by atoms with Crippen LogP contribution in [0.5, 0.6) is 0 Å². The van der Waals surface area contributed by atoms with E-state index in [4.69, 9.17) is 0 Å². The second-order valence-electron chi connectivity index (χ2n) is 9.43. The van der Waals surface area contributed by atoms with Crippen molar-refractivity contribution in [1.82, 2.24) is 0 Å². The third kappa shape index (κ3) is 4.26. The van der Waals surface area contributed by atoms with E-state index in [0.29, 0.717) is 22.5 Å². The number of hydrogen-bond acceptors (Lipinski definition) is 6. The van der Waals surface area contributed by atoms with Crippen molar-refractivity contribution in [3.05, 3.63) is 76.7 Å². The number of nitriles is 1. The average Bonchev–Trinajstić information content (AvgIpc) is 3.16. The summed E-state index contributed by atoms with van der Waals surface area (Å²) in [6, 6.07) is 17.0. The summed E-state index contributed by atoms with van der Waals surface area (Å²) in [6.45, 7) is 6.48. The molecular weight excluding hydrogens is 488 g/mol. The zero-order valence-corrected chi connectivity index (χ0v) is 21.7. The molecule has 0 aliphatic heterocycles. The van der Waals surface area contributed by atoms with E-state index in [2.05, 4.69) is 26.8 Å². The van der Waals surface area contributed by atoms with Gasteiger partial charge in [-0.05, 0) is 60.4 Å². The van der Waals surface area contributed by atoms with Gasteiger partial charge in [-0.1, -0.05) is 57.2 Å². The Hall–Kier alpha value is -2.67. The highest BCUT2D eigenvalue weighted by Crippen LogP contribution is 2.47. The molecule has 2 aromatic carbocycles. The Morgan fingerprint density at radius 1 is 0.912 bits per heavy atom. The predicted molar refractivity (Wildman–Crippen MR) is 134 cm³/mol. The fraction of sp³-hybridized carbons (Fsp3) is 0.320. The first kappa shape index (κ1) is 24.5. The fourth-order valence-corrected chi connectivity index (χ4v) is 9.84. The lowest BCUT2D eigenvalue weighted by Crippen LogP contribution is -2.37. The molecule has 6 nitrogen and oxygen atoms in total. The van der Waals surface area contributed by atoms with Gasteiger partial charge in [0.1, 0.15) is 11.1 Å². The number of fused-ring (bicyclic) bond motifs is 1. The van der Waals surface area contributed by atoms with Crippen LogP contribution >= 0.6 is 11.3 Å². The maximum Gasteiger partial charge on any atom is 0.278 e. The Morgan fingerprint density at radius 2 is 1.41 bits per heavy atom. The van der Waals surface area contributed by atoms with Gasteiger partial charge < -0.3 is 0 Å². The van der Waals surface area contributed by atoms with E-state index >= 15 is 0 Å². The Labute approximate surface area is 205 Å². The summed E-state index contributed by atoms with van der Waals surface area (Å²) in [6.07, 6.45) is 2.16. The van der Waals surface area contributed by atoms with Crippen LogP contribution in [0.2, 0.25) is 0 Å². The molecule has 9 heteroatoms. The molecule has 34 heavy (non-hydrogen) atoms. The summed E-state index contributed by atoms with van der Waals surface area (Å²) >= 11 is 1.10. The van der Waals surface area contributed by atoms with Crippen LogP contribution in [0, 0.1) is 22.7 Å². The Bertz CT molecular complexity index is 1380. The van der Waals surface area contributed by atoms with E-state index in [1.807, 2.05) is 0 Å². The molecule has 1 aliphatic carbocycles. The number of hydrogen-bond donors (Lipinski definition) is 0. The van der Waals surface area contributed by atoms with Gasteiger partial charge >= 0.3 is 0 Å². The number of benzene rings is 2. The number of rotatable bonds is 5. The van der Waals surface area contributed by atoms with Gasteiger partial charge in [0.2, 0.25) is 0 Å². The van der Waals surface area contributed by atoms with Gasteiger partial charge in [-0.3, -0.25) is 0 Å². The molecule has 1 heterocycles. The first-order valence-corrected chi connectivity index (χ1v) is 14.6. The Kier molecular flexibility index (Phi) is 6.36. The Morgan fingerprint density at radius 3 is 1.85 bits per heavy atom. The highest BCUT2D eigenvalue weighted by atomic mass is 32.3. The van der Waals surface area contributed by atoms with Crippen molar-refractivity contribution in [2.75, 3.05) is 3.71 Å². The lowest BCUT2D eigenvalue weighted by Gasteiger charge is -2.33. The van der Waals surface area contributed by atoms with Crippen LogP contribution in [-0.4, -0.2) is 16.8 Å². The normalized spacial score (nSPS) is 16.5. The molecule has 0 fully saturated rings. The Balaban J connectivity index is 1.97. The van der Waals surface area contributed by atoms with Crippen molar-refractivity contribution < 1.29 is 16.8 Å². The number of anilines is 1. The third-order valence-corrected chi connectivity index (χ3v) is 11.9. The van der Waals surface area contributed by atoms with Gasteiger partial charge in [0.25, 0.3) is 20.0 Å². The first-order valence-electron chi connectivity index (χ1n) is 10.9. The number of sulfonamides is 2. The zero-order valence-electron chi connectivity index (χ0n) is 19.2. The summed E-state index contributed by atoms with van der Waals surface area (Å²) in [5.74, 6) is 0.350. The molecule has 0 spiro atoms. The van der Waals surface area contributed by atoms with Crippen LogP contribution in [0.25, 0.3) is 0 Å². The van der Waals surface area contributed by atoms with Gasteiger partial charge in [0, 0.05) is 4.88 Å². The highest BCUT2D eigenvalue weighted by Gasteiger charge is 2.42. The second kappa shape index (κ2) is 8.84. The zero-order chi connectivity index (χ0) is 24.7. The second-order valence-corrected chi connectivity index (χ2v) is 14.3. The summed E-state index contributed by atoms with van der Waals surface area (Å²) in [7, 11) is -9.06. The highest BCUT2D eigenvalue weighted by molar-refractivity contribution is 8.10. The van der Waals surface area contributed by atoms with Crippen LogP contribution in [-0.2, 0) is 32.9 Å². The largest absolute Gasteiger partial charge is 0.278 e. The summed E-state index contributed by atoms with van der Waals surface area (Å²) in [5, 5.41) is 9.99. The molecule has 0 N–H and O–H groups in total. The quantitative estimate of drug-likeness (QED) is 0.457. The lowest BCUT2D eigenvalue weighted by atomic mass is 9.72. The van der Waals surface area contributed by atoms with Crippen molar-refractivity contribution in [1.29, 1.82) is 5.26 Å². The standard InChI is InChI=1S/C25H26N2O4S3/c1-25(2,3)18-14-15-21-22(17-26)24(32-23(21)16-18)27(33(28,29)19-10-6-4-7-11-19)34(30,31)20-12-8-5-9-13-20/h4-13,18H,14-16H2,1-3H3/t18-/m1/s1. The predicted octanol–water partition coefficient (Wildman–Crippen LogP) is 5.35. The van der Waals surface area contributed by atoms with E-state index in [1.165, 1.54) is 24.3 Å². The molecule has 1 aromatic heterocycles. The molecule has 4 rings (SSSR count). The summed E-state index contributed by atoms with van der Waals surface area (Å²) in [5.41, 5.74) is 0.937. The van der Waals surface area contributed by atoms with Gasteiger partial charge in [-0.2, -0.15) is 22.1 Å². The van der Waals surface area contributed by atoms with Gasteiger partial charge in [-0.25, -0.2) is 0 Å². The van der Waals surface area contributed by atoms with E-state index in [0.717, 1.165) is 28.2 Å². The number of nitrogens with zero attached hydrogens (tertiary/aromatic N) is 2. The van der Waals surface area contributed by atoms with Gasteiger partial charge in [-0.15, -0.1) is 15.0 Å². The molecular formula is C25H26N2O4S3. The summed E-state index contributed by atoms with van der Waals surface area (Å²) < 4.78 is 55.7. The molecule has 3 aromatic rings. The van der Waals surface area contributed by atoms with E-state index in [-0.39, 0.29) is 25.8 Å². The molecule has 0 radical (unpaired) electrons. The van der Waals surface area contributed by atoms with Crippen LogP contribution < -0.4 is 3.71 Å². The number of thiophene rings is 1. The molecule has 0 unspecified atom stereocenters. The van der Waals surface area contributed by atoms with Crippen LogP contribution in [0.1, 0.15) is 43.2 Å². The molecule has 0 bridgehead atoms. The van der Waals surface area contributed by atoms with Crippen molar-refractivity contribution in [3.63, 3.8) is 0 Å². The summed E-state index contributed by atoms with van der Waals surface area (Å²) in [4.78, 5) is 0.573.